The molecule has 0 bridgehead atoms. The Morgan fingerprint density at radius 3 is 2.09 bits per heavy atom. The maximum absolute atomic E-state index is 5.53. The molecule has 1 aliphatic rings. The van der Waals surface area contributed by atoms with E-state index in [1.54, 1.807) is 0 Å². The van der Waals surface area contributed by atoms with Gasteiger partial charge in [-0.2, -0.15) is 0 Å². The lowest BCUT2D eigenvalue weighted by Gasteiger charge is -2.39. The molecule has 0 radical (unpaired) electrons. The summed E-state index contributed by atoms with van der Waals surface area (Å²) in [6, 6.07) is 0. The largest absolute Gasteiger partial charge is 0.346 e. The molecule has 0 aliphatic heterocycles. The highest BCUT2D eigenvalue weighted by atomic mass is 16.7. The van der Waals surface area contributed by atoms with Gasteiger partial charge in [0.15, 0.2) is 5.79 Å². The third-order valence-corrected chi connectivity index (χ3v) is 2.03. The second-order valence-corrected chi connectivity index (χ2v) is 2.71. The monoisotopic (exact) mass is 156 g/mol. The molecule has 0 saturated heterocycles. The van der Waals surface area contributed by atoms with E-state index in [4.69, 9.17) is 9.47 Å². The van der Waals surface area contributed by atoms with Gasteiger partial charge in [0.05, 0.1) is 0 Å². The first-order valence-corrected chi connectivity index (χ1v) is 4.20. The normalized spacial score (nSPS) is 20.8. The quantitative estimate of drug-likeness (QED) is 0.458. The molecule has 0 N–H and O–H groups in total. The van der Waals surface area contributed by atoms with E-state index < -0.39 is 0 Å². The Kier molecular flexibility index (Phi) is 2.68. The summed E-state index contributed by atoms with van der Waals surface area (Å²) in [5, 5.41) is 0. The summed E-state index contributed by atoms with van der Waals surface area (Å²) in [5.74, 6) is -0.358. The van der Waals surface area contributed by atoms with Crippen molar-refractivity contribution in [3.05, 3.63) is 11.6 Å². The van der Waals surface area contributed by atoms with Crippen LogP contribution in [0.15, 0.2) is 11.6 Å². The Labute approximate surface area is 68.2 Å². The molecule has 0 atom stereocenters. The lowest BCUT2D eigenvalue weighted by molar-refractivity contribution is -0.216. The minimum atomic E-state index is -0.358. The molecule has 0 aromatic rings. The molecule has 1 aliphatic carbocycles. The van der Waals surface area contributed by atoms with E-state index in [9.17, 15) is 0 Å². The summed E-state index contributed by atoms with van der Waals surface area (Å²) in [6.07, 6.45) is 3.05. The third kappa shape index (κ3) is 1.47. The van der Waals surface area contributed by atoms with Crippen molar-refractivity contribution in [1.29, 1.82) is 0 Å². The highest BCUT2D eigenvalue weighted by Gasteiger charge is 2.38. The van der Waals surface area contributed by atoms with Gasteiger partial charge in [-0.15, -0.1) is 0 Å². The average molecular weight is 156 g/mol. The Hall–Kier alpha value is -0.340. The van der Waals surface area contributed by atoms with Crippen LogP contribution in [0.4, 0.5) is 0 Å². The summed E-state index contributed by atoms with van der Waals surface area (Å²) >= 11 is 0. The first kappa shape index (κ1) is 8.75. The molecule has 0 saturated carbocycles. The molecule has 0 spiro atoms. The molecule has 0 aromatic carbocycles. The number of hydrogen-bond acceptors (Lipinski definition) is 2. The van der Waals surface area contributed by atoms with Gasteiger partial charge >= 0.3 is 0 Å². The van der Waals surface area contributed by atoms with Crippen LogP contribution in [0, 0.1) is 0 Å². The summed E-state index contributed by atoms with van der Waals surface area (Å²) in [6.45, 7) is 7.46. The molecule has 11 heavy (non-hydrogen) atoms. The Morgan fingerprint density at radius 1 is 1.36 bits per heavy atom. The van der Waals surface area contributed by atoms with E-state index in [0.29, 0.717) is 13.2 Å². The van der Waals surface area contributed by atoms with E-state index in [-0.39, 0.29) is 5.79 Å². The van der Waals surface area contributed by atoms with Gasteiger partial charge in [-0.05, 0) is 26.3 Å². The highest BCUT2D eigenvalue weighted by molar-refractivity contribution is 5.22. The number of rotatable bonds is 4. The maximum Gasteiger partial charge on any atom is 0.193 e. The van der Waals surface area contributed by atoms with Crippen molar-refractivity contribution in [3.63, 3.8) is 0 Å². The molecular formula is C9H16O2. The number of ether oxygens (including phenoxy) is 2. The predicted molar refractivity (Wildman–Crippen MR) is 44.4 cm³/mol. The van der Waals surface area contributed by atoms with Gasteiger partial charge < -0.3 is 9.47 Å². The fourth-order valence-corrected chi connectivity index (χ4v) is 1.33. The zero-order valence-electron chi connectivity index (χ0n) is 7.52. The van der Waals surface area contributed by atoms with Crippen LogP contribution in [0.3, 0.4) is 0 Å². The van der Waals surface area contributed by atoms with Gasteiger partial charge in [-0.3, -0.25) is 0 Å². The van der Waals surface area contributed by atoms with Crippen LogP contribution >= 0.6 is 0 Å². The standard InChI is InChI=1S/C9H16O2/c1-4-10-9(11-5-2)7-6-8(9)3/h6H,4-5,7H2,1-3H3. The van der Waals surface area contributed by atoms with Gasteiger partial charge in [0.2, 0.25) is 0 Å². The Bertz CT molecular complexity index is 155. The van der Waals surface area contributed by atoms with Crippen LogP contribution in [0.1, 0.15) is 27.2 Å². The van der Waals surface area contributed by atoms with Crippen LogP contribution in [0.5, 0.6) is 0 Å². The second kappa shape index (κ2) is 3.37. The van der Waals surface area contributed by atoms with E-state index in [1.165, 1.54) is 5.57 Å². The first-order valence-electron chi connectivity index (χ1n) is 4.20. The molecule has 0 aromatic heterocycles. The fraction of sp³-hybridized carbons (Fsp3) is 0.778. The SMILES string of the molecule is CCOC1(OCC)CC=C1C. The Morgan fingerprint density at radius 2 is 1.91 bits per heavy atom. The molecule has 64 valence electrons. The van der Waals surface area contributed by atoms with Crippen molar-refractivity contribution >= 4 is 0 Å². The van der Waals surface area contributed by atoms with Crippen LogP contribution < -0.4 is 0 Å². The lowest BCUT2D eigenvalue weighted by atomic mass is 9.92. The van der Waals surface area contributed by atoms with Gasteiger partial charge in [0.1, 0.15) is 0 Å². The Balaban J connectivity index is 2.52. The lowest BCUT2D eigenvalue weighted by Crippen LogP contribution is -2.42. The second-order valence-electron chi connectivity index (χ2n) is 2.71. The molecule has 0 unspecified atom stereocenters. The van der Waals surface area contributed by atoms with Crippen LogP contribution in [0.2, 0.25) is 0 Å². The van der Waals surface area contributed by atoms with E-state index in [0.717, 1.165) is 6.42 Å². The molecule has 0 heterocycles. The number of hydrogen-bond donors (Lipinski definition) is 0. The minimum absolute atomic E-state index is 0.358. The van der Waals surface area contributed by atoms with Crippen molar-refractivity contribution in [2.24, 2.45) is 0 Å². The topological polar surface area (TPSA) is 18.5 Å². The van der Waals surface area contributed by atoms with Crippen molar-refractivity contribution in [1.82, 2.24) is 0 Å². The van der Waals surface area contributed by atoms with Gasteiger partial charge in [-0.1, -0.05) is 6.08 Å². The van der Waals surface area contributed by atoms with Crippen LogP contribution in [-0.2, 0) is 9.47 Å². The first-order chi connectivity index (χ1) is 5.25. The van der Waals surface area contributed by atoms with E-state index in [2.05, 4.69) is 13.0 Å². The fourth-order valence-electron chi connectivity index (χ4n) is 1.33. The molecule has 2 heteroatoms. The van der Waals surface area contributed by atoms with Crippen molar-refractivity contribution in [3.8, 4) is 0 Å². The summed E-state index contributed by atoms with van der Waals surface area (Å²) in [4.78, 5) is 0. The minimum Gasteiger partial charge on any atom is -0.346 e. The summed E-state index contributed by atoms with van der Waals surface area (Å²) < 4.78 is 11.1. The molecule has 0 amide bonds. The molecular weight excluding hydrogens is 140 g/mol. The highest BCUT2D eigenvalue weighted by Crippen LogP contribution is 2.36. The van der Waals surface area contributed by atoms with Crippen molar-refractivity contribution in [2.45, 2.75) is 33.0 Å². The molecule has 1 rings (SSSR count). The summed E-state index contributed by atoms with van der Waals surface area (Å²) in [5.41, 5.74) is 1.21. The smallest absolute Gasteiger partial charge is 0.193 e. The van der Waals surface area contributed by atoms with E-state index >= 15 is 0 Å². The molecule has 2 nitrogen and oxygen atoms in total. The predicted octanol–water partition coefficient (Wildman–Crippen LogP) is 2.11. The van der Waals surface area contributed by atoms with Crippen LogP contribution in [0.25, 0.3) is 0 Å². The van der Waals surface area contributed by atoms with Gasteiger partial charge in [-0.25, -0.2) is 0 Å². The zero-order valence-corrected chi connectivity index (χ0v) is 7.52. The third-order valence-electron chi connectivity index (χ3n) is 2.03. The summed E-state index contributed by atoms with van der Waals surface area (Å²) in [7, 11) is 0. The van der Waals surface area contributed by atoms with Crippen molar-refractivity contribution < 1.29 is 9.47 Å². The van der Waals surface area contributed by atoms with E-state index in [1.807, 2.05) is 13.8 Å². The van der Waals surface area contributed by atoms with Gasteiger partial charge in [0, 0.05) is 19.6 Å². The van der Waals surface area contributed by atoms with Crippen molar-refractivity contribution in [2.75, 3.05) is 13.2 Å². The molecule has 0 fully saturated rings. The maximum atomic E-state index is 5.53. The zero-order chi connectivity index (χ0) is 8.32. The van der Waals surface area contributed by atoms with Gasteiger partial charge in [0.25, 0.3) is 0 Å². The average Bonchev–Trinajstić information content (AvgIpc) is 2.01. The van der Waals surface area contributed by atoms with Crippen LogP contribution in [-0.4, -0.2) is 19.0 Å².